The zero-order chi connectivity index (χ0) is 9.23. The molecule has 0 aromatic carbocycles. The highest BCUT2D eigenvalue weighted by Gasteiger charge is 2.03. The first-order valence-electron chi connectivity index (χ1n) is 4.98. The second-order valence-electron chi connectivity index (χ2n) is 3.23. The molecule has 0 unspecified atom stereocenters. The molecule has 12 heavy (non-hydrogen) atoms. The van der Waals surface area contributed by atoms with Crippen LogP contribution in [0.25, 0.3) is 0 Å². The Morgan fingerprint density at radius 2 is 2.08 bits per heavy atom. The molecule has 0 aliphatic heterocycles. The fourth-order valence-corrected chi connectivity index (χ4v) is 1.32. The summed E-state index contributed by atoms with van der Waals surface area (Å²) in [6, 6.07) is 0. The first-order valence-corrected chi connectivity index (χ1v) is 4.98. The summed E-state index contributed by atoms with van der Waals surface area (Å²) >= 11 is 0. The highest BCUT2D eigenvalue weighted by atomic mass is 16.5. The molecule has 0 radical (unpaired) electrons. The van der Waals surface area contributed by atoms with Gasteiger partial charge in [-0.25, -0.2) is 0 Å². The molecule has 0 aliphatic rings. The fraction of sp³-hybridized carbons (Fsp3) is 0.818. The van der Waals surface area contributed by atoms with Crippen LogP contribution in [0.1, 0.15) is 45.4 Å². The van der Waals surface area contributed by atoms with Crippen LogP contribution in [0.15, 0.2) is 12.7 Å². The van der Waals surface area contributed by atoms with E-state index in [1.54, 1.807) is 7.11 Å². The van der Waals surface area contributed by atoms with Crippen molar-refractivity contribution < 1.29 is 4.74 Å². The molecule has 1 nitrogen and oxygen atoms in total. The van der Waals surface area contributed by atoms with E-state index in [2.05, 4.69) is 13.5 Å². The van der Waals surface area contributed by atoms with Crippen LogP contribution in [0.2, 0.25) is 0 Å². The van der Waals surface area contributed by atoms with Crippen molar-refractivity contribution in [3.05, 3.63) is 12.7 Å². The van der Waals surface area contributed by atoms with Gasteiger partial charge in [0.05, 0.1) is 6.10 Å². The van der Waals surface area contributed by atoms with Gasteiger partial charge in [-0.15, -0.1) is 6.58 Å². The summed E-state index contributed by atoms with van der Waals surface area (Å²) in [4.78, 5) is 0. The van der Waals surface area contributed by atoms with E-state index in [-0.39, 0.29) is 0 Å². The van der Waals surface area contributed by atoms with Crippen molar-refractivity contribution in [2.75, 3.05) is 7.11 Å². The lowest BCUT2D eigenvalue weighted by Crippen LogP contribution is -2.08. The summed E-state index contributed by atoms with van der Waals surface area (Å²) in [6.45, 7) is 5.95. The molecule has 0 heterocycles. The van der Waals surface area contributed by atoms with Gasteiger partial charge in [-0.05, 0) is 12.8 Å². The van der Waals surface area contributed by atoms with E-state index in [0.29, 0.717) is 6.10 Å². The van der Waals surface area contributed by atoms with Crippen LogP contribution in [0, 0.1) is 0 Å². The summed E-state index contributed by atoms with van der Waals surface area (Å²) in [6.07, 6.45) is 9.80. The second-order valence-corrected chi connectivity index (χ2v) is 3.23. The third kappa shape index (κ3) is 6.41. The molecule has 0 spiro atoms. The Morgan fingerprint density at radius 3 is 2.58 bits per heavy atom. The van der Waals surface area contributed by atoms with Crippen LogP contribution in [-0.4, -0.2) is 13.2 Å². The van der Waals surface area contributed by atoms with Gasteiger partial charge in [0.2, 0.25) is 0 Å². The van der Waals surface area contributed by atoms with Gasteiger partial charge < -0.3 is 4.74 Å². The Labute approximate surface area is 76.8 Å². The highest BCUT2D eigenvalue weighted by molar-refractivity contribution is 4.73. The Hall–Kier alpha value is -0.300. The summed E-state index contributed by atoms with van der Waals surface area (Å²) in [5.41, 5.74) is 0. The zero-order valence-corrected chi connectivity index (χ0v) is 8.51. The smallest absolute Gasteiger partial charge is 0.0605 e. The quantitative estimate of drug-likeness (QED) is 0.400. The van der Waals surface area contributed by atoms with E-state index in [4.69, 9.17) is 4.74 Å². The largest absolute Gasteiger partial charge is 0.381 e. The fourth-order valence-electron chi connectivity index (χ4n) is 1.32. The van der Waals surface area contributed by atoms with Gasteiger partial charge in [0.1, 0.15) is 0 Å². The van der Waals surface area contributed by atoms with Crippen molar-refractivity contribution in [2.24, 2.45) is 0 Å². The Bertz CT molecular complexity index is 99.2. The van der Waals surface area contributed by atoms with E-state index in [0.717, 1.165) is 6.42 Å². The highest BCUT2D eigenvalue weighted by Crippen LogP contribution is 2.10. The molecule has 0 fully saturated rings. The Morgan fingerprint density at radius 1 is 1.33 bits per heavy atom. The molecule has 0 amide bonds. The minimum absolute atomic E-state index is 0.402. The van der Waals surface area contributed by atoms with Gasteiger partial charge in [0.15, 0.2) is 0 Å². The number of rotatable bonds is 8. The molecule has 0 aliphatic carbocycles. The number of hydrogen-bond acceptors (Lipinski definition) is 1. The molecule has 0 aromatic heterocycles. The molecule has 0 saturated carbocycles. The lowest BCUT2D eigenvalue weighted by molar-refractivity contribution is 0.0953. The van der Waals surface area contributed by atoms with Crippen LogP contribution in [0.5, 0.6) is 0 Å². The molecule has 0 N–H and O–H groups in total. The van der Waals surface area contributed by atoms with Gasteiger partial charge in [0, 0.05) is 7.11 Å². The molecule has 0 aromatic rings. The first kappa shape index (κ1) is 11.7. The number of methoxy groups -OCH3 is 1. The summed E-state index contributed by atoms with van der Waals surface area (Å²) in [5, 5.41) is 0. The van der Waals surface area contributed by atoms with Crippen LogP contribution in [-0.2, 0) is 4.74 Å². The monoisotopic (exact) mass is 170 g/mol. The molecular weight excluding hydrogens is 148 g/mol. The first-order chi connectivity index (χ1) is 5.85. The average Bonchev–Trinajstić information content (AvgIpc) is 2.10. The molecule has 72 valence electrons. The third-order valence-corrected chi connectivity index (χ3v) is 2.14. The SMILES string of the molecule is C=CC[C@@H](CCCCCC)OC. The van der Waals surface area contributed by atoms with Gasteiger partial charge in [-0.3, -0.25) is 0 Å². The summed E-state index contributed by atoms with van der Waals surface area (Å²) in [7, 11) is 1.79. The van der Waals surface area contributed by atoms with Crippen LogP contribution >= 0.6 is 0 Å². The van der Waals surface area contributed by atoms with Gasteiger partial charge in [-0.1, -0.05) is 38.7 Å². The number of ether oxygens (including phenoxy) is 1. The van der Waals surface area contributed by atoms with Crippen molar-refractivity contribution in [1.82, 2.24) is 0 Å². The van der Waals surface area contributed by atoms with E-state index in [1.165, 1.54) is 32.1 Å². The third-order valence-electron chi connectivity index (χ3n) is 2.14. The van der Waals surface area contributed by atoms with Gasteiger partial charge in [-0.2, -0.15) is 0 Å². The summed E-state index contributed by atoms with van der Waals surface area (Å²) < 4.78 is 5.30. The standard InChI is InChI=1S/C11H22O/c1-4-6-7-8-10-11(12-3)9-5-2/h5,11H,2,4,6-10H2,1,3H3/t11-/m0/s1. The average molecular weight is 170 g/mol. The second kappa shape index (κ2) is 8.79. The maximum Gasteiger partial charge on any atom is 0.0605 e. The van der Waals surface area contributed by atoms with Crippen LogP contribution in [0.4, 0.5) is 0 Å². The van der Waals surface area contributed by atoms with E-state index in [9.17, 15) is 0 Å². The van der Waals surface area contributed by atoms with Crippen molar-refractivity contribution in [1.29, 1.82) is 0 Å². The zero-order valence-electron chi connectivity index (χ0n) is 8.51. The van der Waals surface area contributed by atoms with Gasteiger partial charge in [0.25, 0.3) is 0 Å². The molecule has 1 heteroatoms. The lowest BCUT2D eigenvalue weighted by Gasteiger charge is -2.12. The molecule has 0 saturated heterocycles. The van der Waals surface area contributed by atoms with E-state index >= 15 is 0 Å². The molecule has 0 bridgehead atoms. The maximum absolute atomic E-state index is 5.30. The summed E-state index contributed by atoms with van der Waals surface area (Å²) in [5.74, 6) is 0. The normalized spacial score (nSPS) is 12.8. The Balaban J connectivity index is 3.25. The van der Waals surface area contributed by atoms with Crippen molar-refractivity contribution in [3.63, 3.8) is 0 Å². The van der Waals surface area contributed by atoms with Crippen molar-refractivity contribution >= 4 is 0 Å². The predicted molar refractivity (Wildman–Crippen MR) is 54.4 cm³/mol. The Kier molecular flexibility index (Phi) is 8.57. The topological polar surface area (TPSA) is 9.23 Å². The van der Waals surface area contributed by atoms with E-state index in [1.807, 2.05) is 6.08 Å². The minimum Gasteiger partial charge on any atom is -0.381 e. The van der Waals surface area contributed by atoms with Gasteiger partial charge >= 0.3 is 0 Å². The minimum atomic E-state index is 0.402. The molecule has 0 rings (SSSR count). The maximum atomic E-state index is 5.30. The van der Waals surface area contributed by atoms with Crippen LogP contribution < -0.4 is 0 Å². The number of hydrogen-bond donors (Lipinski definition) is 0. The van der Waals surface area contributed by atoms with E-state index < -0.39 is 0 Å². The predicted octanol–water partition coefficient (Wildman–Crippen LogP) is 3.55. The lowest BCUT2D eigenvalue weighted by atomic mass is 10.1. The number of unbranched alkanes of at least 4 members (excludes halogenated alkanes) is 3. The molecule has 1 atom stereocenters. The van der Waals surface area contributed by atoms with Crippen LogP contribution in [0.3, 0.4) is 0 Å². The molecular formula is C11H22O. The van der Waals surface area contributed by atoms with Crippen molar-refractivity contribution in [2.45, 2.75) is 51.6 Å². The van der Waals surface area contributed by atoms with Crippen molar-refractivity contribution in [3.8, 4) is 0 Å².